The Hall–Kier alpha value is -0.400. The molecule has 1 aromatic carbocycles. The minimum absolute atomic E-state index is 0.0154. The molecule has 18 heavy (non-hydrogen) atoms. The van der Waals surface area contributed by atoms with Crippen LogP contribution in [-0.4, -0.2) is 12.1 Å². The van der Waals surface area contributed by atoms with E-state index in [1.54, 1.807) is 0 Å². The summed E-state index contributed by atoms with van der Waals surface area (Å²) in [6.07, 6.45) is 0. The van der Waals surface area contributed by atoms with Crippen molar-refractivity contribution in [2.75, 3.05) is 7.11 Å². The lowest BCUT2D eigenvalue weighted by molar-refractivity contribution is 0.386. The molecule has 0 unspecified atom stereocenters. The maximum atomic E-state index is 13.6. The fourth-order valence-corrected chi connectivity index (χ4v) is 3.04. The van der Waals surface area contributed by atoms with Crippen LogP contribution < -0.4 is 4.74 Å². The van der Waals surface area contributed by atoms with Crippen LogP contribution in [0.2, 0.25) is 0 Å². The monoisotopic (exact) mass is 443 g/mol. The fourth-order valence-electron chi connectivity index (χ4n) is 1.56. The molecule has 0 bridgehead atoms. The number of benzene rings is 1. The molecule has 7 heteroatoms. The molecule has 0 saturated heterocycles. The largest absolute Gasteiger partial charge is 0.493 e. The molecule has 2 aromatic rings. The lowest BCUT2D eigenvalue weighted by Crippen LogP contribution is -1.94. The van der Waals surface area contributed by atoms with Gasteiger partial charge in [0.05, 0.1) is 26.4 Å². The molecular weight excluding hydrogens is 440 g/mol. The van der Waals surface area contributed by atoms with E-state index in [0.717, 1.165) is 10.5 Å². The Balaban J connectivity index is 2.73. The highest BCUT2D eigenvalue weighted by Crippen LogP contribution is 2.42. The van der Waals surface area contributed by atoms with Crippen molar-refractivity contribution in [2.45, 2.75) is 0 Å². The van der Waals surface area contributed by atoms with E-state index in [9.17, 15) is 8.78 Å². The number of methoxy groups -OCH3 is 1. The van der Waals surface area contributed by atoms with Gasteiger partial charge < -0.3 is 9.72 Å². The summed E-state index contributed by atoms with van der Waals surface area (Å²) in [4.78, 5) is 2.97. The van der Waals surface area contributed by atoms with Crippen LogP contribution in [0.3, 0.4) is 0 Å². The molecule has 2 nitrogen and oxygen atoms in total. The van der Waals surface area contributed by atoms with Gasteiger partial charge in [-0.15, -0.1) is 0 Å². The van der Waals surface area contributed by atoms with Crippen molar-refractivity contribution in [3.63, 3.8) is 0 Å². The minimum atomic E-state index is -0.749. The number of aromatic nitrogens is 1. The standard InChI is InChI=1S/C11H6Br3F2NO/c1-18-10-5(2-4(15)3-6(10)16)9-7(12)8(13)11(14)17-9/h2-3,17H,1H3. The van der Waals surface area contributed by atoms with Crippen LogP contribution >= 0.6 is 47.8 Å². The number of H-pyrrole nitrogens is 1. The van der Waals surface area contributed by atoms with E-state index in [-0.39, 0.29) is 5.75 Å². The van der Waals surface area contributed by atoms with Gasteiger partial charge in [-0.25, -0.2) is 8.78 Å². The molecule has 1 N–H and O–H groups in total. The number of hydrogen-bond donors (Lipinski definition) is 1. The summed E-state index contributed by atoms with van der Waals surface area (Å²) >= 11 is 9.96. The summed E-state index contributed by atoms with van der Waals surface area (Å²) in [5.74, 6) is -1.43. The van der Waals surface area contributed by atoms with E-state index in [4.69, 9.17) is 4.74 Å². The number of hydrogen-bond acceptors (Lipinski definition) is 1. The average Bonchev–Trinajstić information content (AvgIpc) is 2.56. The lowest BCUT2D eigenvalue weighted by Gasteiger charge is -2.09. The summed E-state index contributed by atoms with van der Waals surface area (Å²) in [5, 5.41) is 0. The third-order valence-electron chi connectivity index (χ3n) is 2.32. The van der Waals surface area contributed by atoms with Crippen molar-refractivity contribution in [1.29, 1.82) is 0 Å². The van der Waals surface area contributed by atoms with Crippen molar-refractivity contribution in [3.8, 4) is 17.0 Å². The Labute approximate surface area is 127 Å². The topological polar surface area (TPSA) is 25.0 Å². The molecule has 1 aromatic heterocycles. The van der Waals surface area contributed by atoms with E-state index in [1.807, 2.05) is 0 Å². The summed E-state index contributed by atoms with van der Waals surface area (Å²) in [6.45, 7) is 0. The highest BCUT2D eigenvalue weighted by molar-refractivity contribution is 9.14. The Morgan fingerprint density at radius 1 is 1.11 bits per heavy atom. The van der Waals surface area contributed by atoms with Crippen molar-refractivity contribution in [2.24, 2.45) is 0 Å². The van der Waals surface area contributed by atoms with Crippen molar-refractivity contribution in [1.82, 2.24) is 4.98 Å². The molecular formula is C11H6Br3F2NO. The van der Waals surface area contributed by atoms with Gasteiger partial charge in [0.1, 0.15) is 5.82 Å². The van der Waals surface area contributed by atoms with Crippen LogP contribution in [0.4, 0.5) is 8.78 Å². The van der Waals surface area contributed by atoms with Gasteiger partial charge in [0, 0.05) is 11.6 Å². The molecule has 96 valence electrons. The van der Waals surface area contributed by atoms with E-state index in [0.29, 0.717) is 20.3 Å². The number of halogens is 5. The molecule has 0 atom stereocenters. The molecule has 0 aliphatic rings. The molecule has 0 amide bonds. The number of ether oxygens (including phenoxy) is 1. The highest BCUT2D eigenvalue weighted by atomic mass is 79.9. The zero-order valence-electron chi connectivity index (χ0n) is 8.95. The third-order valence-corrected chi connectivity index (χ3v) is 5.57. The maximum absolute atomic E-state index is 13.6. The Kier molecular flexibility index (Phi) is 4.13. The van der Waals surface area contributed by atoms with Crippen LogP contribution in [-0.2, 0) is 0 Å². The van der Waals surface area contributed by atoms with Crippen LogP contribution in [0.5, 0.6) is 5.75 Å². The smallest absolute Gasteiger partial charge is 0.168 e. The molecule has 0 saturated carbocycles. The molecule has 0 aliphatic carbocycles. The van der Waals surface area contributed by atoms with Gasteiger partial charge in [-0.05, 0) is 53.9 Å². The fraction of sp³-hybridized carbons (Fsp3) is 0.0909. The first-order valence-corrected chi connectivity index (χ1v) is 7.09. The summed E-state index contributed by atoms with van der Waals surface area (Å²) < 4.78 is 34.0. The first-order valence-electron chi connectivity index (χ1n) is 4.71. The van der Waals surface area contributed by atoms with Gasteiger partial charge in [-0.3, -0.25) is 0 Å². The van der Waals surface area contributed by atoms with Crippen LogP contribution in [0.1, 0.15) is 0 Å². The summed E-state index contributed by atoms with van der Waals surface area (Å²) in [5.41, 5.74) is 0.817. The molecule has 0 spiro atoms. The zero-order valence-corrected chi connectivity index (χ0v) is 13.7. The molecule has 1 heterocycles. The maximum Gasteiger partial charge on any atom is 0.168 e. The third kappa shape index (κ3) is 2.35. The number of nitrogens with one attached hydrogen (secondary N) is 1. The van der Waals surface area contributed by atoms with Crippen LogP contribution in [0.25, 0.3) is 11.3 Å². The highest BCUT2D eigenvalue weighted by Gasteiger charge is 2.20. The number of aromatic amines is 1. The lowest BCUT2D eigenvalue weighted by atomic mass is 10.1. The predicted molar refractivity (Wildman–Crippen MR) is 75.8 cm³/mol. The predicted octanol–water partition coefficient (Wildman–Crippen LogP) is 5.26. The van der Waals surface area contributed by atoms with Crippen molar-refractivity contribution in [3.05, 3.63) is 37.3 Å². The van der Waals surface area contributed by atoms with Gasteiger partial charge in [0.15, 0.2) is 11.6 Å². The summed E-state index contributed by atoms with van der Waals surface area (Å²) in [6, 6.07) is 1.99. The SMILES string of the molecule is COc1c(F)cc(F)cc1-c1[nH]c(Br)c(Br)c1Br. The van der Waals surface area contributed by atoms with Crippen molar-refractivity contribution >= 4 is 47.8 Å². The second-order valence-electron chi connectivity index (χ2n) is 3.41. The van der Waals surface area contributed by atoms with Crippen molar-refractivity contribution < 1.29 is 13.5 Å². The van der Waals surface area contributed by atoms with E-state index >= 15 is 0 Å². The Bertz CT molecular complexity index is 613. The van der Waals surface area contributed by atoms with Gasteiger partial charge in [-0.2, -0.15) is 0 Å². The second kappa shape index (κ2) is 5.30. The molecule has 2 rings (SSSR count). The first-order chi connectivity index (χ1) is 8.45. The van der Waals surface area contributed by atoms with E-state index in [1.165, 1.54) is 13.2 Å². The van der Waals surface area contributed by atoms with Crippen LogP contribution in [0, 0.1) is 11.6 Å². The summed E-state index contributed by atoms with van der Waals surface area (Å²) in [7, 11) is 1.33. The van der Waals surface area contributed by atoms with E-state index in [2.05, 4.69) is 52.8 Å². The van der Waals surface area contributed by atoms with Gasteiger partial charge in [0.25, 0.3) is 0 Å². The first kappa shape index (κ1) is 14.0. The average molecular weight is 446 g/mol. The quantitative estimate of drug-likeness (QED) is 0.670. The van der Waals surface area contributed by atoms with Gasteiger partial charge in [-0.1, -0.05) is 0 Å². The number of rotatable bonds is 2. The molecule has 0 radical (unpaired) electrons. The molecule has 0 aliphatic heterocycles. The zero-order chi connectivity index (χ0) is 13.4. The second-order valence-corrected chi connectivity index (χ2v) is 5.79. The van der Waals surface area contributed by atoms with Crippen LogP contribution in [0.15, 0.2) is 25.7 Å². The molecule has 0 fully saturated rings. The van der Waals surface area contributed by atoms with E-state index < -0.39 is 11.6 Å². The Morgan fingerprint density at radius 2 is 1.78 bits per heavy atom. The minimum Gasteiger partial charge on any atom is -0.493 e. The van der Waals surface area contributed by atoms with Gasteiger partial charge in [0.2, 0.25) is 0 Å². The Morgan fingerprint density at radius 3 is 2.28 bits per heavy atom. The van der Waals surface area contributed by atoms with Gasteiger partial charge >= 0.3 is 0 Å². The normalized spacial score (nSPS) is 10.8.